The molecule has 2 nitrogen and oxygen atoms in total. The summed E-state index contributed by atoms with van der Waals surface area (Å²) in [5, 5.41) is 0.569. The van der Waals surface area contributed by atoms with Crippen LogP contribution in [0.15, 0.2) is 18.2 Å². The van der Waals surface area contributed by atoms with Gasteiger partial charge in [0.2, 0.25) is 0 Å². The summed E-state index contributed by atoms with van der Waals surface area (Å²) in [5.74, 6) is 2.24. The van der Waals surface area contributed by atoms with Crippen molar-refractivity contribution in [1.82, 2.24) is 0 Å². The standard InChI is InChI=1S/C14H20ClNO/c1-9-6-7-11(8-10(9)2)17-13-5-3-4-12(15)14(13)16/h3-5,9-11H,6-8,16H2,1-2H3. The Morgan fingerprint density at radius 3 is 2.71 bits per heavy atom. The molecule has 0 saturated heterocycles. The molecule has 1 fully saturated rings. The molecule has 1 aromatic carbocycles. The molecule has 0 heterocycles. The van der Waals surface area contributed by atoms with Gasteiger partial charge in [-0.15, -0.1) is 0 Å². The van der Waals surface area contributed by atoms with Gasteiger partial charge in [0.05, 0.1) is 16.8 Å². The second kappa shape index (κ2) is 5.18. The van der Waals surface area contributed by atoms with Crippen LogP contribution in [-0.2, 0) is 0 Å². The van der Waals surface area contributed by atoms with Gasteiger partial charge in [-0.25, -0.2) is 0 Å². The topological polar surface area (TPSA) is 35.2 Å². The fraction of sp³-hybridized carbons (Fsp3) is 0.571. The molecule has 17 heavy (non-hydrogen) atoms. The molecule has 0 radical (unpaired) electrons. The minimum absolute atomic E-state index is 0.280. The zero-order valence-electron chi connectivity index (χ0n) is 10.4. The van der Waals surface area contributed by atoms with Crippen molar-refractivity contribution < 1.29 is 4.74 Å². The Bertz CT molecular complexity index is 394. The molecule has 0 aliphatic heterocycles. The van der Waals surface area contributed by atoms with Crippen molar-refractivity contribution in [3.05, 3.63) is 23.2 Å². The van der Waals surface area contributed by atoms with Crippen LogP contribution in [0.5, 0.6) is 5.75 Å². The SMILES string of the molecule is CC1CCC(Oc2cccc(Cl)c2N)CC1C. The predicted molar refractivity (Wildman–Crippen MR) is 72.5 cm³/mol. The second-order valence-electron chi connectivity index (χ2n) is 5.16. The van der Waals surface area contributed by atoms with Gasteiger partial charge < -0.3 is 10.5 Å². The maximum atomic E-state index is 5.98. The molecule has 0 amide bonds. The Morgan fingerprint density at radius 2 is 2.00 bits per heavy atom. The Kier molecular flexibility index (Phi) is 3.82. The lowest BCUT2D eigenvalue weighted by atomic mass is 9.80. The number of hydrogen-bond acceptors (Lipinski definition) is 2. The van der Waals surface area contributed by atoms with Crippen molar-refractivity contribution in [1.29, 1.82) is 0 Å². The summed E-state index contributed by atoms with van der Waals surface area (Å²) in [6.45, 7) is 4.61. The Labute approximate surface area is 108 Å². The highest BCUT2D eigenvalue weighted by atomic mass is 35.5. The Morgan fingerprint density at radius 1 is 1.24 bits per heavy atom. The summed E-state index contributed by atoms with van der Waals surface area (Å²) in [5.41, 5.74) is 6.46. The van der Waals surface area contributed by atoms with Crippen LogP contribution in [0.1, 0.15) is 33.1 Å². The Balaban J connectivity index is 2.04. The zero-order valence-corrected chi connectivity index (χ0v) is 11.2. The van der Waals surface area contributed by atoms with Gasteiger partial charge in [-0.2, -0.15) is 0 Å². The number of anilines is 1. The van der Waals surface area contributed by atoms with Crippen LogP contribution in [0, 0.1) is 11.8 Å². The normalized spacial score (nSPS) is 29.0. The summed E-state index contributed by atoms with van der Waals surface area (Å²) in [6.07, 6.45) is 3.72. The maximum absolute atomic E-state index is 5.98. The number of halogens is 1. The van der Waals surface area contributed by atoms with Gasteiger partial charge in [0, 0.05) is 0 Å². The van der Waals surface area contributed by atoms with E-state index in [-0.39, 0.29) is 6.10 Å². The minimum Gasteiger partial charge on any atom is -0.488 e. The van der Waals surface area contributed by atoms with E-state index in [1.54, 1.807) is 6.07 Å². The van der Waals surface area contributed by atoms with E-state index in [0.717, 1.165) is 24.5 Å². The highest BCUT2D eigenvalue weighted by Crippen LogP contribution is 2.35. The monoisotopic (exact) mass is 253 g/mol. The molecule has 0 aromatic heterocycles. The number of hydrogen-bond donors (Lipinski definition) is 1. The molecule has 3 unspecified atom stereocenters. The molecule has 0 bridgehead atoms. The molecule has 2 rings (SSSR count). The molecule has 1 aliphatic rings. The molecule has 3 heteroatoms. The molecular weight excluding hydrogens is 234 g/mol. The number of ether oxygens (including phenoxy) is 1. The van der Waals surface area contributed by atoms with Gasteiger partial charge in [-0.3, -0.25) is 0 Å². The first-order valence-corrected chi connectivity index (χ1v) is 6.66. The summed E-state index contributed by atoms with van der Waals surface area (Å²) in [7, 11) is 0. The third kappa shape index (κ3) is 2.86. The van der Waals surface area contributed by atoms with E-state index < -0.39 is 0 Å². The van der Waals surface area contributed by atoms with Gasteiger partial charge in [0.1, 0.15) is 5.75 Å². The highest BCUT2D eigenvalue weighted by Gasteiger charge is 2.26. The van der Waals surface area contributed by atoms with Gasteiger partial charge in [0.15, 0.2) is 0 Å². The van der Waals surface area contributed by atoms with Crippen molar-refractivity contribution in [2.75, 3.05) is 5.73 Å². The van der Waals surface area contributed by atoms with Gasteiger partial charge >= 0.3 is 0 Å². The summed E-state index contributed by atoms with van der Waals surface area (Å²) in [4.78, 5) is 0. The zero-order chi connectivity index (χ0) is 12.4. The molecule has 94 valence electrons. The third-order valence-corrected chi connectivity index (χ3v) is 4.19. The van der Waals surface area contributed by atoms with Crippen LogP contribution in [0.25, 0.3) is 0 Å². The molecule has 1 aliphatic carbocycles. The van der Waals surface area contributed by atoms with E-state index >= 15 is 0 Å². The molecule has 0 spiro atoms. The fourth-order valence-electron chi connectivity index (χ4n) is 2.40. The number of nitrogens with two attached hydrogens (primary N) is 1. The van der Waals surface area contributed by atoms with Gasteiger partial charge in [-0.1, -0.05) is 31.5 Å². The summed E-state index contributed by atoms with van der Waals surface area (Å²) in [6, 6.07) is 5.56. The van der Waals surface area contributed by atoms with Crippen LogP contribution in [0.2, 0.25) is 5.02 Å². The van der Waals surface area contributed by atoms with Crippen LogP contribution in [0.4, 0.5) is 5.69 Å². The molecule has 1 aromatic rings. The van der Waals surface area contributed by atoms with Crippen LogP contribution in [-0.4, -0.2) is 6.10 Å². The van der Waals surface area contributed by atoms with E-state index in [1.165, 1.54) is 6.42 Å². The number of rotatable bonds is 2. The first-order valence-electron chi connectivity index (χ1n) is 6.28. The lowest BCUT2D eigenvalue weighted by molar-refractivity contribution is 0.101. The van der Waals surface area contributed by atoms with Crippen molar-refractivity contribution in [3.63, 3.8) is 0 Å². The summed E-state index contributed by atoms with van der Waals surface area (Å²) < 4.78 is 5.98. The first kappa shape index (κ1) is 12.6. The first-order chi connectivity index (χ1) is 8.08. The van der Waals surface area contributed by atoms with Gasteiger partial charge in [-0.05, 0) is 43.2 Å². The summed E-state index contributed by atoms with van der Waals surface area (Å²) >= 11 is 5.98. The third-order valence-electron chi connectivity index (χ3n) is 3.86. The van der Waals surface area contributed by atoms with Gasteiger partial charge in [0.25, 0.3) is 0 Å². The van der Waals surface area contributed by atoms with Crippen molar-refractivity contribution in [2.24, 2.45) is 11.8 Å². The number of nitrogen functional groups attached to an aromatic ring is 1. The van der Waals surface area contributed by atoms with Crippen molar-refractivity contribution >= 4 is 17.3 Å². The van der Waals surface area contributed by atoms with E-state index in [0.29, 0.717) is 16.6 Å². The van der Waals surface area contributed by atoms with E-state index in [1.807, 2.05) is 12.1 Å². The maximum Gasteiger partial charge on any atom is 0.144 e. The highest BCUT2D eigenvalue weighted by molar-refractivity contribution is 6.33. The smallest absolute Gasteiger partial charge is 0.144 e. The van der Waals surface area contributed by atoms with Crippen LogP contribution >= 0.6 is 11.6 Å². The fourth-order valence-corrected chi connectivity index (χ4v) is 2.57. The average Bonchev–Trinajstić information content (AvgIpc) is 2.30. The molecule has 2 N–H and O–H groups in total. The van der Waals surface area contributed by atoms with Crippen LogP contribution in [0.3, 0.4) is 0 Å². The minimum atomic E-state index is 0.280. The average molecular weight is 254 g/mol. The van der Waals surface area contributed by atoms with E-state index in [9.17, 15) is 0 Å². The van der Waals surface area contributed by atoms with Crippen LogP contribution < -0.4 is 10.5 Å². The number of benzene rings is 1. The molecule has 1 saturated carbocycles. The van der Waals surface area contributed by atoms with E-state index in [4.69, 9.17) is 22.1 Å². The lowest BCUT2D eigenvalue weighted by Gasteiger charge is -2.32. The quantitative estimate of drug-likeness (QED) is 0.805. The predicted octanol–water partition coefficient (Wildman–Crippen LogP) is 4.13. The lowest BCUT2D eigenvalue weighted by Crippen LogP contribution is -2.29. The van der Waals surface area contributed by atoms with E-state index in [2.05, 4.69) is 13.8 Å². The Hall–Kier alpha value is -0.890. The molecular formula is C14H20ClNO. The second-order valence-corrected chi connectivity index (χ2v) is 5.57. The molecule has 3 atom stereocenters. The van der Waals surface area contributed by atoms with Crippen molar-refractivity contribution in [2.45, 2.75) is 39.2 Å². The number of para-hydroxylation sites is 1. The largest absolute Gasteiger partial charge is 0.488 e. The van der Waals surface area contributed by atoms with Crippen molar-refractivity contribution in [3.8, 4) is 5.75 Å².